The van der Waals surface area contributed by atoms with Crippen molar-refractivity contribution in [3.8, 4) is 5.69 Å². The zero-order chi connectivity index (χ0) is 17.9. The third-order valence-corrected chi connectivity index (χ3v) is 6.64. The number of sulfone groups is 1. The number of amides is 1. The molecule has 0 spiro atoms. The van der Waals surface area contributed by atoms with Gasteiger partial charge in [0.2, 0.25) is 5.91 Å². The van der Waals surface area contributed by atoms with Gasteiger partial charge >= 0.3 is 0 Å². The van der Waals surface area contributed by atoms with E-state index in [2.05, 4.69) is 15.7 Å². The van der Waals surface area contributed by atoms with Crippen LogP contribution in [0.3, 0.4) is 0 Å². The number of halogens is 1. The minimum atomic E-state index is -3.51. The van der Waals surface area contributed by atoms with E-state index in [0.29, 0.717) is 18.8 Å². The van der Waals surface area contributed by atoms with Crippen LogP contribution in [0.25, 0.3) is 5.69 Å². The van der Waals surface area contributed by atoms with Crippen LogP contribution in [-0.2, 0) is 21.2 Å². The summed E-state index contributed by atoms with van der Waals surface area (Å²) in [6.45, 7) is 1.23. The molecule has 0 radical (unpaired) electrons. The van der Waals surface area contributed by atoms with Gasteiger partial charge in [-0.25, -0.2) is 13.1 Å². The highest BCUT2D eigenvalue weighted by molar-refractivity contribution is 7.92. The number of aromatic nitrogens is 2. The van der Waals surface area contributed by atoms with Crippen molar-refractivity contribution in [2.45, 2.75) is 24.1 Å². The Labute approximate surface area is 159 Å². The fourth-order valence-electron chi connectivity index (χ4n) is 3.11. The van der Waals surface area contributed by atoms with Crippen LogP contribution in [0, 0.1) is 0 Å². The first-order valence-electron chi connectivity index (χ1n) is 8.21. The lowest BCUT2D eigenvalue weighted by Crippen LogP contribution is -2.57. The van der Waals surface area contributed by atoms with Crippen LogP contribution in [0.15, 0.2) is 42.6 Å². The molecule has 0 atom stereocenters. The molecule has 2 heterocycles. The molecule has 1 saturated heterocycles. The molecule has 1 aliphatic rings. The lowest BCUT2D eigenvalue weighted by Gasteiger charge is -2.34. The van der Waals surface area contributed by atoms with E-state index in [1.54, 1.807) is 4.68 Å². The number of nitrogens with one attached hydrogen (secondary N) is 2. The Morgan fingerprint density at radius 1 is 1.23 bits per heavy atom. The zero-order valence-electron chi connectivity index (χ0n) is 14.5. The molecule has 1 aromatic heterocycles. The minimum Gasteiger partial charge on any atom is -0.349 e. The molecular weight excluding hydrogens is 376 g/mol. The second-order valence-corrected chi connectivity index (χ2v) is 8.61. The molecule has 1 aromatic carbocycles. The second-order valence-electron chi connectivity index (χ2n) is 6.29. The summed E-state index contributed by atoms with van der Waals surface area (Å²) in [5.74, 6) is -0.439. The Hall–Kier alpha value is -1.90. The van der Waals surface area contributed by atoms with E-state index in [4.69, 9.17) is 0 Å². The molecule has 26 heavy (non-hydrogen) atoms. The highest BCUT2D eigenvalue weighted by atomic mass is 35.5. The third kappa shape index (κ3) is 4.08. The fraction of sp³-hybridized carbons (Fsp3) is 0.412. The molecule has 7 nitrogen and oxygen atoms in total. The Morgan fingerprint density at radius 2 is 1.88 bits per heavy atom. The molecule has 9 heteroatoms. The van der Waals surface area contributed by atoms with Crippen molar-refractivity contribution in [2.24, 2.45) is 0 Å². The van der Waals surface area contributed by atoms with Gasteiger partial charge in [0.05, 0.1) is 17.9 Å². The quantitative estimate of drug-likeness (QED) is 0.786. The molecular formula is C17H23ClN4O3S. The largest absolute Gasteiger partial charge is 0.349 e. The van der Waals surface area contributed by atoms with Crippen molar-refractivity contribution in [3.05, 3.63) is 48.3 Å². The summed E-state index contributed by atoms with van der Waals surface area (Å²) in [4.78, 5) is 12.7. The maximum Gasteiger partial charge on any atom is 0.241 e. The predicted molar refractivity (Wildman–Crippen MR) is 102 cm³/mol. The van der Waals surface area contributed by atoms with Crippen LogP contribution in [0.5, 0.6) is 0 Å². The second kappa shape index (κ2) is 8.20. The highest BCUT2D eigenvalue weighted by Crippen LogP contribution is 2.28. The number of carbonyl (C=O) groups is 1. The molecule has 3 rings (SSSR count). The van der Waals surface area contributed by atoms with E-state index in [0.717, 1.165) is 11.9 Å². The van der Waals surface area contributed by atoms with Crippen molar-refractivity contribution in [3.63, 3.8) is 0 Å². The Balaban J connectivity index is 0.00000243. The first-order valence-corrected chi connectivity index (χ1v) is 10.1. The number of carbonyl (C=O) groups excluding carboxylic acids is 1. The fourth-order valence-corrected chi connectivity index (χ4v) is 4.46. The topological polar surface area (TPSA) is 93.1 Å². The number of hydrogen-bond acceptors (Lipinski definition) is 5. The highest BCUT2D eigenvalue weighted by Gasteiger charge is 2.48. The van der Waals surface area contributed by atoms with Crippen molar-refractivity contribution >= 4 is 28.2 Å². The van der Waals surface area contributed by atoms with Crippen LogP contribution in [0.1, 0.15) is 18.5 Å². The number of rotatable bonds is 5. The van der Waals surface area contributed by atoms with Crippen molar-refractivity contribution in [1.82, 2.24) is 20.4 Å². The number of nitrogens with zero attached hydrogens (tertiary/aromatic N) is 2. The Bertz CT molecular complexity index is 846. The summed E-state index contributed by atoms with van der Waals surface area (Å²) in [6.07, 6.45) is 3.53. The van der Waals surface area contributed by atoms with Gasteiger partial charge in [0.1, 0.15) is 0 Å². The van der Waals surface area contributed by atoms with Crippen molar-refractivity contribution < 1.29 is 13.2 Å². The summed E-state index contributed by atoms with van der Waals surface area (Å²) < 4.78 is 24.9. The van der Waals surface area contributed by atoms with Gasteiger partial charge in [-0.05, 0) is 44.1 Å². The van der Waals surface area contributed by atoms with Gasteiger partial charge in [0.15, 0.2) is 14.6 Å². The molecule has 2 aromatic rings. The van der Waals surface area contributed by atoms with Crippen molar-refractivity contribution in [2.75, 3.05) is 19.3 Å². The molecule has 1 aliphatic heterocycles. The molecule has 0 aliphatic carbocycles. The first kappa shape index (κ1) is 20.4. The number of benzene rings is 1. The summed E-state index contributed by atoms with van der Waals surface area (Å²) in [5.41, 5.74) is 1.60. The van der Waals surface area contributed by atoms with E-state index in [1.807, 2.05) is 42.6 Å². The Kier molecular flexibility index (Phi) is 6.44. The molecule has 1 amide bonds. The minimum absolute atomic E-state index is 0. The van der Waals surface area contributed by atoms with Crippen LogP contribution >= 0.6 is 12.4 Å². The summed E-state index contributed by atoms with van der Waals surface area (Å²) >= 11 is 0. The number of para-hydroxylation sites is 1. The normalized spacial score (nSPS) is 16.5. The van der Waals surface area contributed by atoms with Crippen LogP contribution < -0.4 is 10.6 Å². The van der Waals surface area contributed by atoms with Gasteiger partial charge in [-0.3, -0.25) is 4.79 Å². The van der Waals surface area contributed by atoms with E-state index in [9.17, 15) is 13.2 Å². The lowest BCUT2D eigenvalue weighted by atomic mass is 9.96. The lowest BCUT2D eigenvalue weighted by molar-refractivity contribution is -0.124. The van der Waals surface area contributed by atoms with Crippen LogP contribution in [0.2, 0.25) is 0 Å². The maximum absolute atomic E-state index is 12.7. The number of hydrogen-bond donors (Lipinski definition) is 2. The molecule has 0 saturated carbocycles. The van der Waals surface area contributed by atoms with Gasteiger partial charge in [-0.15, -0.1) is 12.4 Å². The molecule has 2 N–H and O–H groups in total. The van der Waals surface area contributed by atoms with Crippen LogP contribution in [-0.4, -0.2) is 48.2 Å². The van der Waals surface area contributed by atoms with E-state index < -0.39 is 20.5 Å². The molecule has 1 fully saturated rings. The Morgan fingerprint density at radius 3 is 2.50 bits per heavy atom. The summed E-state index contributed by atoms with van der Waals surface area (Å²) in [6, 6.07) is 11.4. The SMILES string of the molecule is CS(=O)(=O)C1(C(=O)NCc2ccn(-c3ccccc3)n2)CCNCC1.Cl. The predicted octanol–water partition coefficient (Wildman–Crippen LogP) is 1.08. The smallest absolute Gasteiger partial charge is 0.241 e. The van der Waals surface area contributed by atoms with E-state index in [1.165, 1.54) is 0 Å². The molecule has 0 unspecified atom stereocenters. The third-order valence-electron chi connectivity index (χ3n) is 4.63. The standard InChI is InChI=1S/C17H22N4O3S.ClH/c1-25(23,24)17(8-10-18-11-9-17)16(22)19-13-14-7-12-21(20-14)15-5-3-2-4-6-15;/h2-7,12,18H,8-11,13H2,1H3,(H,19,22);1H. The first-order chi connectivity index (χ1) is 11.9. The van der Waals surface area contributed by atoms with Gasteiger partial charge in [0.25, 0.3) is 0 Å². The summed E-state index contributed by atoms with van der Waals surface area (Å²) in [7, 11) is -3.51. The average molecular weight is 399 g/mol. The zero-order valence-corrected chi connectivity index (χ0v) is 16.1. The van der Waals surface area contributed by atoms with Gasteiger partial charge in [-0.2, -0.15) is 5.10 Å². The van der Waals surface area contributed by atoms with Gasteiger partial charge in [-0.1, -0.05) is 18.2 Å². The average Bonchev–Trinajstić information content (AvgIpc) is 3.09. The summed E-state index contributed by atoms with van der Waals surface area (Å²) in [5, 5.41) is 10.3. The van der Waals surface area contributed by atoms with E-state index in [-0.39, 0.29) is 31.8 Å². The molecule has 142 valence electrons. The maximum atomic E-state index is 12.7. The molecule has 0 bridgehead atoms. The van der Waals surface area contributed by atoms with Crippen molar-refractivity contribution in [1.29, 1.82) is 0 Å². The van der Waals surface area contributed by atoms with E-state index >= 15 is 0 Å². The number of piperidine rings is 1. The van der Waals surface area contributed by atoms with Crippen LogP contribution in [0.4, 0.5) is 0 Å². The monoisotopic (exact) mass is 398 g/mol. The van der Waals surface area contributed by atoms with Gasteiger partial charge in [0, 0.05) is 12.5 Å². The van der Waals surface area contributed by atoms with Gasteiger partial charge < -0.3 is 10.6 Å².